The quantitative estimate of drug-likeness (QED) is 0.127. The van der Waals surface area contributed by atoms with E-state index in [2.05, 4.69) is 15.6 Å². The van der Waals surface area contributed by atoms with Gasteiger partial charge in [-0.15, -0.1) is 0 Å². The maximum Gasteiger partial charge on any atom is 0.270 e. The topological polar surface area (TPSA) is 114 Å². The normalized spacial score (nSPS) is 16.5. The van der Waals surface area contributed by atoms with E-state index in [1.165, 1.54) is 12.1 Å². The predicted molar refractivity (Wildman–Crippen MR) is 160 cm³/mol. The minimum absolute atomic E-state index is 0.0191. The molecule has 10 heteroatoms. The highest BCUT2D eigenvalue weighted by molar-refractivity contribution is 7.80. The van der Waals surface area contributed by atoms with Crippen molar-refractivity contribution in [2.24, 2.45) is 0 Å². The Balaban J connectivity index is 1.26. The van der Waals surface area contributed by atoms with Crippen LogP contribution in [0.2, 0.25) is 0 Å². The van der Waals surface area contributed by atoms with Crippen LogP contribution < -0.4 is 10.6 Å². The van der Waals surface area contributed by atoms with E-state index in [-0.39, 0.29) is 24.1 Å². The van der Waals surface area contributed by atoms with Gasteiger partial charge in [0, 0.05) is 47.9 Å². The number of nitro benzene ring substituents is 1. The van der Waals surface area contributed by atoms with Gasteiger partial charge in [-0.3, -0.25) is 19.9 Å². The highest BCUT2D eigenvalue weighted by atomic mass is 32.1. The first-order valence-electron chi connectivity index (χ1n) is 13.1. The van der Waals surface area contributed by atoms with Crippen molar-refractivity contribution in [1.29, 1.82) is 0 Å². The van der Waals surface area contributed by atoms with Crippen molar-refractivity contribution in [1.82, 2.24) is 15.2 Å². The number of amides is 1. The van der Waals surface area contributed by atoms with Gasteiger partial charge in [-0.25, -0.2) is 0 Å². The maximum absolute atomic E-state index is 13.1. The Morgan fingerprint density at radius 3 is 2.66 bits per heavy atom. The number of aromatic nitrogens is 1. The molecule has 1 saturated heterocycles. The number of nitrogens with zero attached hydrogens (tertiary/aromatic N) is 3. The van der Waals surface area contributed by atoms with Crippen LogP contribution in [0.1, 0.15) is 30.0 Å². The highest BCUT2D eigenvalue weighted by Crippen LogP contribution is 2.40. The molecular formula is C31H25N5O4S. The standard InChI is InChI=1S/C31H25N5O4S/c37-28(33-24-13-6-8-20-7-1-2-11-23(20)24)16-18-35-30(29(34-31(35)41)25-12-3-4-17-32-25)27-15-14-26(40-27)21-9-5-10-22(19-21)36(38)39/h1-15,17,19,29-30H,16,18H2,(H,33,37)(H,34,41)/t29-,30-/m0/s1. The van der Waals surface area contributed by atoms with E-state index >= 15 is 0 Å². The summed E-state index contributed by atoms with van der Waals surface area (Å²) < 4.78 is 6.28. The van der Waals surface area contributed by atoms with Gasteiger partial charge in [-0.2, -0.15) is 0 Å². The molecule has 1 amide bonds. The number of nitro groups is 1. The third-order valence-electron chi connectivity index (χ3n) is 7.10. The minimum atomic E-state index is -0.436. The summed E-state index contributed by atoms with van der Waals surface area (Å²) in [5.41, 5.74) is 2.10. The lowest BCUT2D eigenvalue weighted by Crippen LogP contribution is -2.32. The Labute approximate surface area is 241 Å². The molecule has 2 atom stereocenters. The summed E-state index contributed by atoms with van der Waals surface area (Å²) in [6, 6.07) is 28.6. The van der Waals surface area contributed by atoms with Crippen molar-refractivity contribution >= 4 is 45.4 Å². The summed E-state index contributed by atoms with van der Waals surface area (Å²) in [6.45, 7) is 0.337. The number of thiocarbonyl (C=S) groups is 1. The van der Waals surface area contributed by atoms with Gasteiger partial charge < -0.3 is 20.0 Å². The van der Waals surface area contributed by atoms with E-state index in [1.54, 1.807) is 24.4 Å². The van der Waals surface area contributed by atoms with Crippen molar-refractivity contribution in [3.8, 4) is 11.3 Å². The largest absolute Gasteiger partial charge is 0.459 e. The van der Waals surface area contributed by atoms with Crippen molar-refractivity contribution < 1.29 is 14.1 Å². The first-order chi connectivity index (χ1) is 20.0. The van der Waals surface area contributed by atoms with Gasteiger partial charge in [0.1, 0.15) is 17.6 Å². The van der Waals surface area contributed by atoms with E-state index in [0.29, 0.717) is 28.7 Å². The summed E-state index contributed by atoms with van der Waals surface area (Å²) in [6.07, 6.45) is 1.91. The smallest absolute Gasteiger partial charge is 0.270 e. The second kappa shape index (κ2) is 11.2. The Kier molecular flexibility index (Phi) is 7.13. The van der Waals surface area contributed by atoms with Gasteiger partial charge in [0.05, 0.1) is 16.7 Å². The average Bonchev–Trinajstić information content (AvgIpc) is 3.61. The number of carbonyl (C=O) groups excluding carboxylic acids is 1. The molecule has 2 aromatic heterocycles. The number of rotatable bonds is 8. The molecule has 1 aliphatic heterocycles. The van der Waals surface area contributed by atoms with Gasteiger partial charge in [0.15, 0.2) is 5.11 Å². The van der Waals surface area contributed by atoms with Gasteiger partial charge >= 0.3 is 0 Å². The van der Waals surface area contributed by atoms with Crippen molar-refractivity contribution in [3.05, 3.63) is 125 Å². The maximum atomic E-state index is 13.1. The molecule has 6 rings (SSSR count). The Morgan fingerprint density at radius 2 is 1.83 bits per heavy atom. The van der Waals surface area contributed by atoms with Crippen LogP contribution in [-0.4, -0.2) is 32.4 Å². The molecule has 2 N–H and O–H groups in total. The van der Waals surface area contributed by atoms with Gasteiger partial charge in [-0.05, 0) is 47.9 Å². The molecule has 0 unspecified atom stereocenters. The molecule has 204 valence electrons. The Bertz CT molecular complexity index is 1750. The lowest BCUT2D eigenvalue weighted by Gasteiger charge is -2.26. The fourth-order valence-electron chi connectivity index (χ4n) is 5.16. The Morgan fingerprint density at radius 1 is 1.02 bits per heavy atom. The number of non-ortho nitro benzene ring substituents is 1. The van der Waals surface area contributed by atoms with E-state index in [0.717, 1.165) is 22.2 Å². The molecule has 0 saturated carbocycles. The van der Waals surface area contributed by atoms with Crippen molar-refractivity contribution in [2.75, 3.05) is 11.9 Å². The van der Waals surface area contributed by atoms with Gasteiger partial charge in [0.2, 0.25) is 5.91 Å². The van der Waals surface area contributed by atoms with Gasteiger partial charge in [0.25, 0.3) is 5.69 Å². The van der Waals surface area contributed by atoms with Gasteiger partial charge in [-0.1, -0.05) is 54.6 Å². The summed E-state index contributed by atoms with van der Waals surface area (Å²) >= 11 is 5.72. The fourth-order valence-corrected chi connectivity index (χ4v) is 5.50. The molecule has 41 heavy (non-hydrogen) atoms. The van der Waals surface area contributed by atoms with E-state index in [9.17, 15) is 14.9 Å². The molecule has 0 spiro atoms. The molecule has 3 aromatic carbocycles. The van der Waals surface area contributed by atoms with Crippen LogP contribution in [0.25, 0.3) is 22.1 Å². The second-order valence-electron chi connectivity index (χ2n) is 9.65. The minimum Gasteiger partial charge on any atom is -0.459 e. The summed E-state index contributed by atoms with van der Waals surface area (Å²) in [4.78, 5) is 30.4. The number of pyridine rings is 1. The molecule has 9 nitrogen and oxygen atoms in total. The number of furan rings is 1. The molecule has 0 radical (unpaired) electrons. The number of anilines is 1. The van der Waals surface area contributed by atoms with Crippen molar-refractivity contribution in [2.45, 2.75) is 18.5 Å². The van der Waals surface area contributed by atoms with Crippen LogP contribution >= 0.6 is 12.2 Å². The summed E-state index contributed by atoms with van der Waals surface area (Å²) in [5, 5.41) is 20.2. The number of nitrogens with one attached hydrogen (secondary N) is 2. The average molecular weight is 564 g/mol. The Hall–Kier alpha value is -5.09. The molecule has 3 heterocycles. The third kappa shape index (κ3) is 5.37. The molecule has 5 aromatic rings. The first-order valence-corrected chi connectivity index (χ1v) is 13.5. The van der Waals surface area contributed by atoms with Crippen LogP contribution in [-0.2, 0) is 4.79 Å². The van der Waals surface area contributed by atoms with E-state index < -0.39 is 11.0 Å². The zero-order chi connectivity index (χ0) is 28.3. The monoisotopic (exact) mass is 563 g/mol. The number of fused-ring (bicyclic) bond motifs is 1. The third-order valence-corrected chi connectivity index (χ3v) is 7.45. The van der Waals surface area contributed by atoms with Crippen LogP contribution in [0.4, 0.5) is 11.4 Å². The lowest BCUT2D eigenvalue weighted by atomic mass is 10.0. The zero-order valence-corrected chi connectivity index (χ0v) is 22.6. The molecule has 0 aliphatic carbocycles. The molecule has 0 bridgehead atoms. The number of hydrogen-bond donors (Lipinski definition) is 2. The lowest BCUT2D eigenvalue weighted by molar-refractivity contribution is -0.384. The van der Waals surface area contributed by atoms with Crippen molar-refractivity contribution in [3.63, 3.8) is 0 Å². The molecule has 1 fully saturated rings. The SMILES string of the molecule is O=C(CCN1C(=S)N[C@@H](c2ccccn2)[C@@H]1c1ccc(-c2cccc([N+](=O)[O-])c2)o1)Nc1cccc2ccccc12. The number of benzene rings is 3. The first kappa shape index (κ1) is 26.1. The van der Waals surface area contributed by atoms with Crippen LogP contribution in [0.5, 0.6) is 0 Å². The molecular weight excluding hydrogens is 538 g/mol. The second-order valence-corrected chi connectivity index (χ2v) is 10.0. The van der Waals surface area contributed by atoms with Crippen LogP contribution in [0, 0.1) is 10.1 Å². The highest BCUT2D eigenvalue weighted by Gasteiger charge is 2.41. The van der Waals surface area contributed by atoms with Crippen LogP contribution in [0.3, 0.4) is 0 Å². The van der Waals surface area contributed by atoms with E-state index in [1.807, 2.05) is 71.6 Å². The predicted octanol–water partition coefficient (Wildman–Crippen LogP) is 6.40. The fraction of sp³-hybridized carbons (Fsp3) is 0.129. The number of carbonyl (C=O) groups is 1. The summed E-state index contributed by atoms with van der Waals surface area (Å²) in [7, 11) is 0. The van der Waals surface area contributed by atoms with E-state index in [4.69, 9.17) is 16.6 Å². The summed E-state index contributed by atoms with van der Waals surface area (Å²) in [5.74, 6) is 0.958. The number of hydrogen-bond acceptors (Lipinski definition) is 6. The molecule has 1 aliphatic rings. The zero-order valence-electron chi connectivity index (χ0n) is 21.8. The van der Waals surface area contributed by atoms with Crippen LogP contribution in [0.15, 0.2) is 108 Å².